The second-order valence-electron chi connectivity index (χ2n) is 4.81. The van der Waals surface area contributed by atoms with Gasteiger partial charge in [-0.25, -0.2) is 9.37 Å². The van der Waals surface area contributed by atoms with Crippen LogP contribution in [0.1, 0.15) is 10.4 Å². The van der Waals surface area contributed by atoms with Gasteiger partial charge in [0.1, 0.15) is 16.5 Å². The molecule has 0 aliphatic heterocycles. The van der Waals surface area contributed by atoms with Crippen LogP contribution in [0.25, 0.3) is 10.2 Å². The number of benzene rings is 1. The van der Waals surface area contributed by atoms with Gasteiger partial charge in [-0.05, 0) is 43.7 Å². The Morgan fingerprint density at radius 3 is 2.67 bits per heavy atom. The molecule has 2 aromatic heterocycles. The van der Waals surface area contributed by atoms with E-state index in [4.69, 9.17) is 0 Å². The fourth-order valence-corrected chi connectivity index (χ4v) is 3.02. The van der Waals surface area contributed by atoms with Crippen LogP contribution in [-0.2, 0) is 0 Å². The first-order valence-electron chi connectivity index (χ1n) is 6.56. The van der Waals surface area contributed by atoms with E-state index in [0.717, 1.165) is 27.3 Å². The average Bonchev–Trinajstić information content (AvgIpc) is 2.82. The van der Waals surface area contributed by atoms with Gasteiger partial charge in [0.2, 0.25) is 5.95 Å². The van der Waals surface area contributed by atoms with Crippen molar-refractivity contribution in [2.45, 2.75) is 13.8 Å². The minimum Gasteiger partial charge on any atom is -0.357 e. The molecule has 21 heavy (non-hydrogen) atoms. The minimum atomic E-state index is -0.242. The maximum absolute atomic E-state index is 13.2. The highest BCUT2D eigenvalue weighted by atomic mass is 32.1. The van der Waals surface area contributed by atoms with Gasteiger partial charge in [-0.2, -0.15) is 4.98 Å². The molecule has 3 aromatic rings. The quantitative estimate of drug-likeness (QED) is 0.760. The standard InChI is InChI=1S/C15H15FN4S/c1-8-6-10(16)4-5-12(8)18-13-11-7-9(2)21-14(11)20-15(17-3)19-13/h4-7H,1-3H3,(H2,17,18,19,20). The summed E-state index contributed by atoms with van der Waals surface area (Å²) in [6.07, 6.45) is 0. The van der Waals surface area contributed by atoms with Crippen LogP contribution in [0, 0.1) is 19.7 Å². The molecule has 0 bridgehead atoms. The van der Waals surface area contributed by atoms with Gasteiger partial charge in [-0.3, -0.25) is 0 Å². The molecule has 0 radical (unpaired) electrons. The second-order valence-corrected chi connectivity index (χ2v) is 6.04. The van der Waals surface area contributed by atoms with Crippen molar-refractivity contribution in [3.8, 4) is 0 Å². The highest BCUT2D eigenvalue weighted by Gasteiger charge is 2.11. The summed E-state index contributed by atoms with van der Waals surface area (Å²) in [4.78, 5) is 11.0. The van der Waals surface area contributed by atoms with Crippen LogP contribution in [0.4, 0.5) is 21.8 Å². The summed E-state index contributed by atoms with van der Waals surface area (Å²) in [5.41, 5.74) is 1.67. The first kappa shape index (κ1) is 13.8. The molecule has 2 heterocycles. The van der Waals surface area contributed by atoms with E-state index in [1.165, 1.54) is 17.0 Å². The average molecular weight is 302 g/mol. The van der Waals surface area contributed by atoms with E-state index < -0.39 is 0 Å². The molecule has 0 amide bonds. The Labute approximate surface area is 126 Å². The van der Waals surface area contributed by atoms with Crippen LogP contribution in [0.3, 0.4) is 0 Å². The van der Waals surface area contributed by atoms with Crippen LogP contribution in [0.15, 0.2) is 24.3 Å². The third-order valence-electron chi connectivity index (χ3n) is 3.18. The summed E-state index contributed by atoms with van der Waals surface area (Å²) < 4.78 is 13.2. The number of nitrogens with one attached hydrogen (secondary N) is 2. The molecule has 0 saturated heterocycles. The fraction of sp³-hybridized carbons (Fsp3) is 0.200. The first-order chi connectivity index (χ1) is 10.1. The molecule has 0 unspecified atom stereocenters. The number of hydrogen-bond acceptors (Lipinski definition) is 5. The number of rotatable bonds is 3. The van der Waals surface area contributed by atoms with E-state index in [1.807, 2.05) is 13.8 Å². The molecular weight excluding hydrogens is 287 g/mol. The summed E-state index contributed by atoms with van der Waals surface area (Å²) in [7, 11) is 1.79. The number of halogens is 1. The lowest BCUT2D eigenvalue weighted by Gasteiger charge is -2.11. The van der Waals surface area contributed by atoms with Crippen molar-refractivity contribution < 1.29 is 4.39 Å². The van der Waals surface area contributed by atoms with Crippen molar-refractivity contribution in [2.24, 2.45) is 0 Å². The van der Waals surface area contributed by atoms with E-state index in [0.29, 0.717) is 5.95 Å². The van der Waals surface area contributed by atoms with Gasteiger partial charge in [-0.1, -0.05) is 0 Å². The van der Waals surface area contributed by atoms with Gasteiger partial charge in [0.05, 0.1) is 5.39 Å². The third-order valence-corrected chi connectivity index (χ3v) is 4.13. The van der Waals surface area contributed by atoms with Gasteiger partial charge in [0.15, 0.2) is 0 Å². The zero-order valence-corrected chi connectivity index (χ0v) is 12.8. The highest BCUT2D eigenvalue weighted by molar-refractivity contribution is 7.18. The SMILES string of the molecule is CNc1nc(Nc2ccc(F)cc2C)c2cc(C)sc2n1. The predicted molar refractivity (Wildman–Crippen MR) is 86.1 cm³/mol. The van der Waals surface area contributed by atoms with Crippen molar-refractivity contribution in [3.63, 3.8) is 0 Å². The van der Waals surface area contributed by atoms with Crippen molar-refractivity contribution >= 4 is 39.0 Å². The Morgan fingerprint density at radius 2 is 1.95 bits per heavy atom. The molecule has 0 saturated carbocycles. The molecule has 2 N–H and O–H groups in total. The number of anilines is 3. The Hall–Kier alpha value is -2.21. The summed E-state index contributed by atoms with van der Waals surface area (Å²) >= 11 is 1.62. The normalized spacial score (nSPS) is 10.9. The molecule has 108 valence electrons. The molecule has 0 fully saturated rings. The fourth-order valence-electron chi connectivity index (χ4n) is 2.14. The molecule has 0 spiro atoms. The second kappa shape index (κ2) is 5.29. The molecular formula is C15H15FN4S. The van der Waals surface area contributed by atoms with Gasteiger partial charge in [0, 0.05) is 17.6 Å². The van der Waals surface area contributed by atoms with Crippen LogP contribution in [0.5, 0.6) is 0 Å². The topological polar surface area (TPSA) is 49.8 Å². The Balaban J connectivity index is 2.10. The summed E-state index contributed by atoms with van der Waals surface area (Å²) in [6, 6.07) is 6.71. The lowest BCUT2D eigenvalue weighted by molar-refractivity contribution is 0.627. The maximum atomic E-state index is 13.2. The number of nitrogens with zero attached hydrogens (tertiary/aromatic N) is 2. The van der Waals surface area contributed by atoms with Crippen LogP contribution in [-0.4, -0.2) is 17.0 Å². The third kappa shape index (κ3) is 2.67. The van der Waals surface area contributed by atoms with Crippen molar-refractivity contribution in [3.05, 3.63) is 40.5 Å². The van der Waals surface area contributed by atoms with E-state index in [1.54, 1.807) is 24.5 Å². The highest BCUT2D eigenvalue weighted by Crippen LogP contribution is 2.32. The summed E-state index contributed by atoms with van der Waals surface area (Å²) in [5.74, 6) is 1.04. The molecule has 0 aliphatic rings. The zero-order chi connectivity index (χ0) is 15.0. The number of aromatic nitrogens is 2. The maximum Gasteiger partial charge on any atom is 0.225 e. The van der Waals surface area contributed by atoms with Gasteiger partial charge < -0.3 is 10.6 Å². The predicted octanol–water partition coefficient (Wildman–Crippen LogP) is 4.23. The van der Waals surface area contributed by atoms with Crippen LogP contribution >= 0.6 is 11.3 Å². The Bertz CT molecular complexity index is 813. The van der Waals surface area contributed by atoms with Crippen LogP contribution < -0.4 is 10.6 Å². The number of thiophene rings is 1. The van der Waals surface area contributed by atoms with Crippen molar-refractivity contribution in [1.82, 2.24) is 9.97 Å². The largest absolute Gasteiger partial charge is 0.357 e. The van der Waals surface area contributed by atoms with Crippen LogP contribution in [0.2, 0.25) is 0 Å². The molecule has 0 aliphatic carbocycles. The molecule has 4 nitrogen and oxygen atoms in total. The Morgan fingerprint density at radius 1 is 1.14 bits per heavy atom. The summed E-state index contributed by atoms with van der Waals surface area (Å²) in [5, 5.41) is 7.21. The van der Waals surface area contributed by atoms with E-state index >= 15 is 0 Å². The lowest BCUT2D eigenvalue weighted by atomic mass is 10.2. The number of hydrogen-bond donors (Lipinski definition) is 2. The summed E-state index contributed by atoms with van der Waals surface area (Å²) in [6.45, 7) is 3.90. The molecule has 1 aromatic carbocycles. The smallest absolute Gasteiger partial charge is 0.225 e. The number of fused-ring (bicyclic) bond motifs is 1. The zero-order valence-electron chi connectivity index (χ0n) is 12.0. The van der Waals surface area contributed by atoms with E-state index in [9.17, 15) is 4.39 Å². The molecule has 6 heteroatoms. The van der Waals surface area contributed by atoms with Crippen molar-refractivity contribution in [2.75, 3.05) is 17.7 Å². The number of aryl methyl sites for hydroxylation is 2. The molecule has 3 rings (SSSR count). The van der Waals surface area contributed by atoms with Gasteiger partial charge >= 0.3 is 0 Å². The monoisotopic (exact) mass is 302 g/mol. The van der Waals surface area contributed by atoms with Gasteiger partial charge in [0.25, 0.3) is 0 Å². The Kier molecular flexibility index (Phi) is 3.47. The van der Waals surface area contributed by atoms with Crippen molar-refractivity contribution in [1.29, 1.82) is 0 Å². The lowest BCUT2D eigenvalue weighted by Crippen LogP contribution is -2.01. The van der Waals surface area contributed by atoms with E-state index in [2.05, 4.69) is 26.7 Å². The minimum absolute atomic E-state index is 0.242. The van der Waals surface area contributed by atoms with E-state index in [-0.39, 0.29) is 5.82 Å². The molecule has 0 atom stereocenters. The first-order valence-corrected chi connectivity index (χ1v) is 7.37. The van der Waals surface area contributed by atoms with Gasteiger partial charge in [-0.15, -0.1) is 11.3 Å².